The van der Waals surface area contributed by atoms with Crippen molar-refractivity contribution in [3.8, 4) is 5.75 Å². The number of aromatic carboxylic acids is 1. The Morgan fingerprint density at radius 3 is 2.60 bits per heavy atom. The van der Waals surface area contributed by atoms with E-state index < -0.39 is 11.8 Å². The van der Waals surface area contributed by atoms with Gasteiger partial charge in [0, 0.05) is 6.07 Å². The molecule has 0 spiro atoms. The molecular formula is C16H13FO3. The molecule has 102 valence electrons. The van der Waals surface area contributed by atoms with Gasteiger partial charge in [-0.1, -0.05) is 36.4 Å². The zero-order chi connectivity index (χ0) is 14.4. The Labute approximate surface area is 115 Å². The van der Waals surface area contributed by atoms with Gasteiger partial charge >= 0.3 is 5.97 Å². The van der Waals surface area contributed by atoms with Gasteiger partial charge in [-0.3, -0.25) is 0 Å². The van der Waals surface area contributed by atoms with Crippen LogP contribution in [-0.4, -0.2) is 17.7 Å². The summed E-state index contributed by atoms with van der Waals surface area (Å²) in [6.07, 6.45) is 3.69. The molecule has 20 heavy (non-hydrogen) atoms. The van der Waals surface area contributed by atoms with Crippen LogP contribution in [0.3, 0.4) is 0 Å². The second-order valence-electron chi connectivity index (χ2n) is 4.07. The molecule has 0 radical (unpaired) electrons. The van der Waals surface area contributed by atoms with Crippen molar-refractivity contribution < 1.29 is 19.0 Å². The van der Waals surface area contributed by atoms with Gasteiger partial charge in [0.2, 0.25) is 0 Å². The Morgan fingerprint density at radius 1 is 1.20 bits per heavy atom. The first-order chi connectivity index (χ1) is 9.66. The van der Waals surface area contributed by atoms with Crippen molar-refractivity contribution in [3.63, 3.8) is 0 Å². The summed E-state index contributed by atoms with van der Waals surface area (Å²) in [5, 5.41) is 8.70. The van der Waals surface area contributed by atoms with Gasteiger partial charge in [-0.05, 0) is 23.8 Å². The third kappa shape index (κ3) is 3.68. The molecule has 0 aliphatic heterocycles. The Bertz CT molecular complexity index is 621. The Morgan fingerprint density at radius 2 is 1.95 bits per heavy atom. The fourth-order valence-corrected chi connectivity index (χ4v) is 1.65. The number of carboxylic acid groups (broad SMARTS) is 1. The normalized spacial score (nSPS) is 10.7. The molecule has 0 aliphatic carbocycles. The maximum atomic E-state index is 13.4. The highest BCUT2D eigenvalue weighted by Crippen LogP contribution is 2.16. The van der Waals surface area contributed by atoms with E-state index in [1.165, 1.54) is 12.1 Å². The molecule has 2 rings (SSSR count). The molecule has 0 saturated carbocycles. The topological polar surface area (TPSA) is 46.5 Å². The van der Waals surface area contributed by atoms with Crippen LogP contribution in [-0.2, 0) is 0 Å². The molecule has 4 heteroatoms. The van der Waals surface area contributed by atoms with E-state index in [-0.39, 0.29) is 12.2 Å². The average Bonchev–Trinajstić information content (AvgIpc) is 2.44. The molecule has 0 saturated heterocycles. The standard InChI is InChI=1S/C16H13FO3/c17-15-11-13(8-9-14(15)16(18)19)20-10-4-7-12-5-2-1-3-6-12/h1-9,11H,10H2,(H,18,19)/b7-4+. The number of carboxylic acids is 1. The molecule has 0 aliphatic rings. The minimum Gasteiger partial charge on any atom is -0.489 e. The second kappa shape index (κ2) is 6.52. The third-order valence-corrected chi connectivity index (χ3v) is 2.63. The van der Waals surface area contributed by atoms with E-state index in [1.807, 2.05) is 36.4 Å². The first-order valence-electron chi connectivity index (χ1n) is 6.04. The van der Waals surface area contributed by atoms with E-state index in [0.29, 0.717) is 5.75 Å². The van der Waals surface area contributed by atoms with Crippen molar-refractivity contribution in [2.75, 3.05) is 6.61 Å². The molecule has 0 aromatic heterocycles. The van der Waals surface area contributed by atoms with Crippen LogP contribution in [0.1, 0.15) is 15.9 Å². The van der Waals surface area contributed by atoms with Gasteiger partial charge in [0.15, 0.2) is 0 Å². The zero-order valence-electron chi connectivity index (χ0n) is 10.6. The molecule has 1 N–H and O–H groups in total. The summed E-state index contributed by atoms with van der Waals surface area (Å²) < 4.78 is 18.7. The lowest BCUT2D eigenvalue weighted by Crippen LogP contribution is -2.01. The van der Waals surface area contributed by atoms with E-state index in [1.54, 1.807) is 6.08 Å². The summed E-state index contributed by atoms with van der Waals surface area (Å²) in [5.74, 6) is -1.80. The maximum absolute atomic E-state index is 13.4. The van der Waals surface area contributed by atoms with Gasteiger partial charge < -0.3 is 9.84 Å². The SMILES string of the molecule is O=C(O)c1ccc(OC/C=C/c2ccccc2)cc1F. The van der Waals surface area contributed by atoms with E-state index in [9.17, 15) is 9.18 Å². The summed E-state index contributed by atoms with van der Waals surface area (Å²) in [7, 11) is 0. The molecule has 2 aromatic rings. The van der Waals surface area contributed by atoms with E-state index >= 15 is 0 Å². The second-order valence-corrected chi connectivity index (χ2v) is 4.07. The van der Waals surface area contributed by atoms with Crippen molar-refractivity contribution in [1.29, 1.82) is 0 Å². The molecule has 0 unspecified atom stereocenters. The summed E-state index contributed by atoms with van der Waals surface area (Å²) in [5.41, 5.74) is 0.681. The van der Waals surface area contributed by atoms with Gasteiger partial charge in [-0.25, -0.2) is 9.18 Å². The molecule has 0 fully saturated rings. The smallest absolute Gasteiger partial charge is 0.338 e. The van der Waals surface area contributed by atoms with Crippen molar-refractivity contribution in [2.24, 2.45) is 0 Å². The first-order valence-corrected chi connectivity index (χ1v) is 6.04. The Kier molecular flexibility index (Phi) is 4.50. The van der Waals surface area contributed by atoms with E-state index in [4.69, 9.17) is 9.84 Å². The van der Waals surface area contributed by atoms with Gasteiger partial charge in [0.05, 0.1) is 5.56 Å². The first kappa shape index (κ1) is 13.8. The van der Waals surface area contributed by atoms with Gasteiger partial charge in [0.25, 0.3) is 0 Å². The van der Waals surface area contributed by atoms with Crippen LogP contribution < -0.4 is 4.74 Å². The predicted molar refractivity (Wildman–Crippen MR) is 74.3 cm³/mol. The Balaban J connectivity index is 1.93. The Hall–Kier alpha value is -2.62. The highest BCUT2D eigenvalue weighted by atomic mass is 19.1. The quantitative estimate of drug-likeness (QED) is 0.904. The van der Waals surface area contributed by atoms with Crippen molar-refractivity contribution in [2.45, 2.75) is 0 Å². The fraction of sp³-hybridized carbons (Fsp3) is 0.0625. The highest BCUT2D eigenvalue weighted by molar-refractivity contribution is 5.88. The minimum absolute atomic E-state index is 0.279. The lowest BCUT2D eigenvalue weighted by atomic mass is 10.2. The fourth-order valence-electron chi connectivity index (χ4n) is 1.65. The van der Waals surface area contributed by atoms with Crippen LogP contribution in [0.25, 0.3) is 6.08 Å². The van der Waals surface area contributed by atoms with Crippen LogP contribution in [0.5, 0.6) is 5.75 Å². The number of rotatable bonds is 5. The van der Waals surface area contributed by atoms with Crippen LogP contribution in [0, 0.1) is 5.82 Å². The number of halogens is 1. The maximum Gasteiger partial charge on any atom is 0.338 e. The molecule has 3 nitrogen and oxygen atoms in total. The minimum atomic E-state index is -1.29. The summed E-state index contributed by atoms with van der Waals surface area (Å²) in [6, 6.07) is 13.4. The molecule has 0 amide bonds. The zero-order valence-corrected chi connectivity index (χ0v) is 10.6. The number of carbonyl (C=O) groups is 1. The highest BCUT2D eigenvalue weighted by Gasteiger charge is 2.10. The van der Waals surface area contributed by atoms with Crippen LogP contribution in [0.15, 0.2) is 54.6 Å². The van der Waals surface area contributed by atoms with Gasteiger partial charge in [-0.15, -0.1) is 0 Å². The van der Waals surface area contributed by atoms with Crippen LogP contribution in [0.4, 0.5) is 4.39 Å². The summed E-state index contributed by atoms with van der Waals surface area (Å²) >= 11 is 0. The van der Waals surface area contributed by atoms with Crippen LogP contribution in [0.2, 0.25) is 0 Å². The van der Waals surface area contributed by atoms with Crippen molar-refractivity contribution in [3.05, 3.63) is 71.6 Å². The number of benzene rings is 2. The average molecular weight is 272 g/mol. The summed E-state index contributed by atoms with van der Waals surface area (Å²) in [6.45, 7) is 0.279. The predicted octanol–water partition coefficient (Wildman–Crippen LogP) is 3.62. The van der Waals surface area contributed by atoms with Gasteiger partial charge in [0.1, 0.15) is 18.2 Å². The monoisotopic (exact) mass is 272 g/mol. The molecule has 0 atom stereocenters. The third-order valence-electron chi connectivity index (χ3n) is 2.63. The van der Waals surface area contributed by atoms with Crippen LogP contribution >= 0.6 is 0 Å². The molecule has 2 aromatic carbocycles. The molecule has 0 bridgehead atoms. The van der Waals surface area contributed by atoms with Crippen molar-refractivity contribution in [1.82, 2.24) is 0 Å². The van der Waals surface area contributed by atoms with Gasteiger partial charge in [-0.2, -0.15) is 0 Å². The van der Waals surface area contributed by atoms with E-state index in [0.717, 1.165) is 11.6 Å². The number of hydrogen-bond donors (Lipinski definition) is 1. The molecule has 0 heterocycles. The number of ether oxygens (including phenoxy) is 1. The van der Waals surface area contributed by atoms with Crippen molar-refractivity contribution >= 4 is 12.0 Å². The largest absolute Gasteiger partial charge is 0.489 e. The lowest BCUT2D eigenvalue weighted by Gasteiger charge is -2.04. The summed E-state index contributed by atoms with van der Waals surface area (Å²) in [4.78, 5) is 10.7. The molecular weight excluding hydrogens is 259 g/mol. The lowest BCUT2D eigenvalue weighted by molar-refractivity contribution is 0.0692. The van der Waals surface area contributed by atoms with E-state index in [2.05, 4.69) is 0 Å². The number of hydrogen-bond acceptors (Lipinski definition) is 2.